The molecule has 0 aromatic heterocycles. The van der Waals surface area contributed by atoms with E-state index in [1.165, 1.54) is 0 Å². The Balaban J connectivity index is 1.90. The highest BCUT2D eigenvalue weighted by Gasteiger charge is 2.57. The summed E-state index contributed by atoms with van der Waals surface area (Å²) in [5.74, 6) is -2.05. The molecule has 7 heteroatoms. The fourth-order valence-corrected chi connectivity index (χ4v) is 1.93. The zero-order chi connectivity index (χ0) is 10.5. The number of ether oxygens (including phenoxy) is 4. The minimum atomic E-state index is -1.16. The summed E-state index contributed by atoms with van der Waals surface area (Å²) in [6, 6.07) is -0.0420. The van der Waals surface area contributed by atoms with Gasteiger partial charge in [0.25, 0.3) is 12.0 Å². The highest BCUT2D eigenvalue weighted by molar-refractivity contribution is 6.30. The minimum Gasteiger partial charge on any atom is -0.426 e. The third-order valence-corrected chi connectivity index (χ3v) is 2.57. The number of hydrogen-bond donors (Lipinski definition) is 1. The van der Waals surface area contributed by atoms with Gasteiger partial charge < -0.3 is 18.9 Å². The molecule has 1 spiro atoms. The third-order valence-electron chi connectivity index (χ3n) is 2.57. The van der Waals surface area contributed by atoms with Crippen LogP contribution < -0.4 is 5.32 Å². The first-order valence-electron chi connectivity index (χ1n) is 4.61. The van der Waals surface area contributed by atoms with Crippen LogP contribution >= 0.6 is 0 Å². The Hall–Kier alpha value is -1.18. The van der Waals surface area contributed by atoms with Gasteiger partial charge in [-0.2, -0.15) is 0 Å². The molecule has 0 aromatic carbocycles. The van der Waals surface area contributed by atoms with E-state index in [0.717, 1.165) is 0 Å². The molecule has 3 aliphatic heterocycles. The van der Waals surface area contributed by atoms with Crippen molar-refractivity contribution in [1.82, 2.24) is 5.32 Å². The fourth-order valence-electron chi connectivity index (χ4n) is 1.93. The molecule has 7 nitrogen and oxygen atoms in total. The van der Waals surface area contributed by atoms with Crippen molar-refractivity contribution in [2.45, 2.75) is 18.1 Å². The quantitative estimate of drug-likeness (QED) is 0.374. The van der Waals surface area contributed by atoms with Gasteiger partial charge in [-0.25, -0.2) is 9.59 Å². The first kappa shape index (κ1) is 9.08. The number of fused-ring (bicyclic) bond motifs is 1. The zero-order valence-electron chi connectivity index (χ0n) is 7.73. The molecular weight excluding hydrogens is 206 g/mol. The monoisotopic (exact) mass is 215 g/mol. The number of nitrogens with one attached hydrogen (secondary N) is 1. The normalized spacial score (nSPS) is 44.0. The molecule has 3 rings (SSSR count). The topological polar surface area (TPSA) is 83.1 Å². The predicted molar refractivity (Wildman–Crippen MR) is 42.4 cm³/mol. The van der Waals surface area contributed by atoms with E-state index in [0.29, 0.717) is 13.2 Å². The molecule has 15 heavy (non-hydrogen) atoms. The highest BCUT2D eigenvalue weighted by atomic mass is 16.8. The van der Waals surface area contributed by atoms with Gasteiger partial charge in [0.2, 0.25) is 0 Å². The van der Waals surface area contributed by atoms with E-state index in [4.69, 9.17) is 18.9 Å². The predicted octanol–water partition coefficient (Wildman–Crippen LogP) is -1.87. The van der Waals surface area contributed by atoms with Crippen LogP contribution in [0.2, 0.25) is 0 Å². The van der Waals surface area contributed by atoms with Crippen LogP contribution in [0.5, 0.6) is 0 Å². The molecule has 0 aromatic rings. The second-order valence-electron chi connectivity index (χ2n) is 3.71. The van der Waals surface area contributed by atoms with Crippen molar-refractivity contribution in [3.8, 4) is 0 Å². The lowest BCUT2D eigenvalue weighted by Crippen LogP contribution is -2.75. The largest absolute Gasteiger partial charge is 0.426 e. The Morgan fingerprint density at radius 1 is 1.27 bits per heavy atom. The molecule has 1 N–H and O–H groups in total. The summed E-state index contributed by atoms with van der Waals surface area (Å²) >= 11 is 0. The average Bonchev–Trinajstić information content (AvgIpc) is 2.21. The zero-order valence-corrected chi connectivity index (χ0v) is 7.73. The molecule has 3 unspecified atom stereocenters. The Morgan fingerprint density at radius 2 is 2.13 bits per heavy atom. The highest BCUT2D eigenvalue weighted by Crippen LogP contribution is 2.30. The lowest BCUT2D eigenvalue weighted by atomic mass is 10.1. The summed E-state index contributed by atoms with van der Waals surface area (Å²) in [7, 11) is 0. The first-order valence-corrected chi connectivity index (χ1v) is 4.61. The lowest BCUT2D eigenvalue weighted by molar-refractivity contribution is -0.321. The van der Waals surface area contributed by atoms with Gasteiger partial charge >= 0.3 is 11.9 Å². The molecule has 82 valence electrons. The molecule has 0 amide bonds. The van der Waals surface area contributed by atoms with Crippen molar-refractivity contribution in [2.24, 2.45) is 0 Å². The lowest BCUT2D eigenvalue weighted by Gasteiger charge is -2.49. The van der Waals surface area contributed by atoms with Crippen LogP contribution in [-0.2, 0) is 28.5 Å². The van der Waals surface area contributed by atoms with Crippen molar-refractivity contribution >= 4 is 11.9 Å². The Kier molecular flexibility index (Phi) is 1.76. The van der Waals surface area contributed by atoms with Crippen LogP contribution in [0.25, 0.3) is 0 Å². The summed E-state index contributed by atoms with van der Waals surface area (Å²) in [4.78, 5) is 22.1. The Labute approximate surface area is 84.6 Å². The summed E-state index contributed by atoms with van der Waals surface area (Å²) in [5.41, 5.74) is -1.16. The van der Waals surface area contributed by atoms with Crippen molar-refractivity contribution in [1.29, 1.82) is 0 Å². The van der Waals surface area contributed by atoms with E-state index < -0.39 is 24.0 Å². The summed E-state index contributed by atoms with van der Waals surface area (Å²) in [5, 5.41) is 3.05. The molecular formula is C8H9NO6. The van der Waals surface area contributed by atoms with Gasteiger partial charge in [-0.15, -0.1) is 0 Å². The van der Waals surface area contributed by atoms with E-state index >= 15 is 0 Å². The van der Waals surface area contributed by atoms with E-state index in [1.54, 1.807) is 0 Å². The van der Waals surface area contributed by atoms with E-state index in [-0.39, 0.29) is 12.6 Å². The number of esters is 2. The van der Waals surface area contributed by atoms with Crippen LogP contribution in [0.4, 0.5) is 0 Å². The third kappa shape index (κ3) is 1.24. The number of carbonyl (C=O) groups is 2. The number of hydrogen-bond acceptors (Lipinski definition) is 7. The van der Waals surface area contributed by atoms with Crippen molar-refractivity contribution in [2.75, 3.05) is 19.8 Å². The molecule has 3 aliphatic rings. The van der Waals surface area contributed by atoms with Gasteiger partial charge in [0, 0.05) is 0 Å². The molecule has 3 atom stereocenters. The van der Waals surface area contributed by atoms with Crippen LogP contribution in [0.3, 0.4) is 0 Å². The molecule has 0 radical (unpaired) electrons. The van der Waals surface area contributed by atoms with Gasteiger partial charge in [0.05, 0.1) is 19.3 Å². The van der Waals surface area contributed by atoms with Gasteiger partial charge in [-0.1, -0.05) is 0 Å². The maximum Gasteiger partial charge on any atom is 0.420 e. The second kappa shape index (κ2) is 2.91. The van der Waals surface area contributed by atoms with Crippen LogP contribution in [0, 0.1) is 0 Å². The van der Waals surface area contributed by atoms with Crippen molar-refractivity contribution in [3.05, 3.63) is 0 Å². The maximum absolute atomic E-state index is 11.1. The van der Waals surface area contributed by atoms with Crippen LogP contribution in [-0.4, -0.2) is 49.8 Å². The molecule has 2 bridgehead atoms. The van der Waals surface area contributed by atoms with E-state index in [9.17, 15) is 9.59 Å². The number of morpholine rings is 2. The number of rotatable bonds is 0. The standard InChI is InChI=1S/C8H9NO6/c10-5-6(11)15-8-3-12-1-4(9-8)2-13-7(8)14-5/h4,7,9H,1-3H2. The van der Waals surface area contributed by atoms with Crippen LogP contribution in [0.1, 0.15) is 0 Å². The maximum atomic E-state index is 11.1. The molecule has 0 aliphatic carbocycles. The fraction of sp³-hybridized carbons (Fsp3) is 0.750. The molecule has 3 heterocycles. The van der Waals surface area contributed by atoms with Gasteiger partial charge in [-0.3, -0.25) is 5.32 Å². The van der Waals surface area contributed by atoms with Gasteiger partial charge in [-0.05, 0) is 0 Å². The van der Waals surface area contributed by atoms with Crippen LogP contribution in [0.15, 0.2) is 0 Å². The summed E-state index contributed by atoms with van der Waals surface area (Å²) < 4.78 is 20.4. The Morgan fingerprint density at radius 3 is 3.00 bits per heavy atom. The van der Waals surface area contributed by atoms with Gasteiger partial charge in [0.1, 0.15) is 6.61 Å². The van der Waals surface area contributed by atoms with Crippen molar-refractivity contribution in [3.63, 3.8) is 0 Å². The molecule has 0 saturated carbocycles. The van der Waals surface area contributed by atoms with E-state index in [2.05, 4.69) is 5.32 Å². The minimum absolute atomic E-state index is 0.0420. The van der Waals surface area contributed by atoms with Crippen molar-refractivity contribution < 1.29 is 28.5 Å². The summed E-state index contributed by atoms with van der Waals surface area (Å²) in [6.07, 6.45) is -0.917. The SMILES string of the molecule is O=C1OC2OCC3COCC2(N3)OC1=O. The van der Waals surface area contributed by atoms with E-state index in [1.807, 2.05) is 0 Å². The molecule has 3 saturated heterocycles. The smallest absolute Gasteiger partial charge is 0.420 e. The first-order chi connectivity index (χ1) is 7.20. The summed E-state index contributed by atoms with van der Waals surface area (Å²) in [6.45, 7) is 0.963. The number of carbonyl (C=O) groups excluding carboxylic acids is 2. The second-order valence-corrected chi connectivity index (χ2v) is 3.71. The average molecular weight is 215 g/mol. The molecule has 3 fully saturated rings. The Bertz CT molecular complexity index is 331. The van der Waals surface area contributed by atoms with Gasteiger partial charge in [0.15, 0.2) is 0 Å².